The van der Waals surface area contributed by atoms with Gasteiger partial charge in [-0.25, -0.2) is 0 Å². The highest BCUT2D eigenvalue weighted by atomic mass is 28.3. The molecule has 0 saturated carbocycles. The van der Waals surface area contributed by atoms with Crippen molar-refractivity contribution in [2.75, 3.05) is 0 Å². The maximum absolute atomic E-state index is 2.43. The standard InChI is InChI=1S/C14H18Si/c1-15(2,3)14-11-7-10-13(14)12-8-5-4-6-9-12/h4-11,14H,1-3H3. The number of benzene rings is 1. The molecule has 78 valence electrons. The van der Waals surface area contributed by atoms with Gasteiger partial charge >= 0.3 is 0 Å². The molecule has 0 amide bonds. The number of hydrogen-bond acceptors (Lipinski definition) is 0. The molecule has 0 nitrogen and oxygen atoms in total. The van der Waals surface area contributed by atoms with E-state index in [0.29, 0.717) is 5.54 Å². The van der Waals surface area contributed by atoms with E-state index in [2.05, 4.69) is 68.2 Å². The molecule has 0 saturated heterocycles. The van der Waals surface area contributed by atoms with E-state index < -0.39 is 8.07 Å². The summed E-state index contributed by atoms with van der Waals surface area (Å²) in [4.78, 5) is 0. The van der Waals surface area contributed by atoms with Crippen molar-refractivity contribution in [1.82, 2.24) is 0 Å². The second-order valence-electron chi connectivity index (χ2n) is 5.22. The van der Waals surface area contributed by atoms with Crippen molar-refractivity contribution < 1.29 is 0 Å². The molecular formula is C14H18Si. The summed E-state index contributed by atoms with van der Waals surface area (Å²) in [5.41, 5.74) is 3.57. The van der Waals surface area contributed by atoms with Gasteiger partial charge in [0.2, 0.25) is 0 Å². The van der Waals surface area contributed by atoms with E-state index in [9.17, 15) is 0 Å². The molecule has 1 heteroatoms. The van der Waals surface area contributed by atoms with Crippen molar-refractivity contribution in [1.29, 1.82) is 0 Å². The van der Waals surface area contributed by atoms with E-state index >= 15 is 0 Å². The van der Waals surface area contributed by atoms with Crippen molar-refractivity contribution in [2.24, 2.45) is 0 Å². The average Bonchev–Trinajstić information content (AvgIpc) is 2.67. The molecule has 0 spiro atoms. The van der Waals surface area contributed by atoms with Gasteiger partial charge in [-0.2, -0.15) is 0 Å². The SMILES string of the molecule is C[Si](C)(C)C1C=CC=C1c1ccccc1. The zero-order valence-corrected chi connectivity index (χ0v) is 10.7. The normalized spacial score (nSPS) is 20.5. The predicted molar refractivity (Wildman–Crippen MR) is 70.7 cm³/mol. The summed E-state index contributed by atoms with van der Waals surface area (Å²) in [6.45, 7) is 7.30. The van der Waals surface area contributed by atoms with Crippen LogP contribution >= 0.6 is 0 Å². The lowest BCUT2D eigenvalue weighted by molar-refractivity contribution is 1.30. The van der Waals surface area contributed by atoms with Gasteiger partial charge in [-0.05, 0) is 16.7 Å². The van der Waals surface area contributed by atoms with E-state index in [-0.39, 0.29) is 0 Å². The summed E-state index contributed by atoms with van der Waals surface area (Å²) < 4.78 is 0. The van der Waals surface area contributed by atoms with Crippen molar-refractivity contribution in [3.63, 3.8) is 0 Å². The summed E-state index contributed by atoms with van der Waals surface area (Å²) in [6, 6.07) is 10.7. The molecular weight excluding hydrogens is 196 g/mol. The molecule has 0 heterocycles. The first-order valence-corrected chi connectivity index (χ1v) is 9.10. The van der Waals surface area contributed by atoms with E-state index in [0.717, 1.165) is 0 Å². The Hall–Kier alpha value is -1.08. The first kappa shape index (κ1) is 10.4. The molecule has 1 aliphatic carbocycles. The lowest BCUT2D eigenvalue weighted by Gasteiger charge is -2.26. The summed E-state index contributed by atoms with van der Waals surface area (Å²) >= 11 is 0. The minimum atomic E-state index is -1.13. The van der Waals surface area contributed by atoms with Gasteiger partial charge in [-0.15, -0.1) is 0 Å². The van der Waals surface area contributed by atoms with Gasteiger partial charge in [0.1, 0.15) is 0 Å². The van der Waals surface area contributed by atoms with Gasteiger partial charge in [0.25, 0.3) is 0 Å². The van der Waals surface area contributed by atoms with Crippen LogP contribution < -0.4 is 0 Å². The average molecular weight is 214 g/mol. The second-order valence-corrected chi connectivity index (χ2v) is 10.6. The molecule has 0 aliphatic heterocycles. The first-order chi connectivity index (χ1) is 7.09. The molecule has 0 radical (unpaired) electrons. The van der Waals surface area contributed by atoms with Gasteiger partial charge in [0.05, 0.1) is 8.07 Å². The third-order valence-corrected chi connectivity index (χ3v) is 5.32. The van der Waals surface area contributed by atoms with E-state index in [1.54, 1.807) is 0 Å². The van der Waals surface area contributed by atoms with Crippen molar-refractivity contribution in [3.05, 3.63) is 54.1 Å². The zero-order valence-electron chi connectivity index (χ0n) is 9.70. The third kappa shape index (κ3) is 2.12. The van der Waals surface area contributed by atoms with Crippen LogP contribution in [0.5, 0.6) is 0 Å². The predicted octanol–water partition coefficient (Wildman–Crippen LogP) is 4.35. The van der Waals surface area contributed by atoms with E-state index in [4.69, 9.17) is 0 Å². The Morgan fingerprint density at radius 1 is 1.00 bits per heavy atom. The highest BCUT2D eigenvalue weighted by Crippen LogP contribution is 2.40. The zero-order chi connectivity index (χ0) is 10.9. The van der Waals surface area contributed by atoms with Gasteiger partial charge < -0.3 is 0 Å². The van der Waals surface area contributed by atoms with Gasteiger partial charge in [-0.3, -0.25) is 0 Å². The highest BCUT2D eigenvalue weighted by Gasteiger charge is 2.29. The van der Waals surface area contributed by atoms with Crippen molar-refractivity contribution >= 4 is 13.6 Å². The Morgan fingerprint density at radius 2 is 1.67 bits per heavy atom. The number of hydrogen-bond donors (Lipinski definition) is 0. The molecule has 1 aromatic rings. The topological polar surface area (TPSA) is 0 Å². The van der Waals surface area contributed by atoms with Crippen LogP contribution in [0.1, 0.15) is 5.56 Å². The first-order valence-electron chi connectivity index (χ1n) is 5.53. The van der Waals surface area contributed by atoms with Crippen LogP contribution in [0.4, 0.5) is 0 Å². The van der Waals surface area contributed by atoms with E-state index in [1.165, 1.54) is 11.1 Å². The molecule has 0 N–H and O–H groups in total. The lowest BCUT2D eigenvalue weighted by Crippen LogP contribution is -2.26. The summed E-state index contributed by atoms with van der Waals surface area (Å²) in [7, 11) is -1.13. The Balaban J connectivity index is 2.33. The van der Waals surface area contributed by atoms with Gasteiger partial charge in [0.15, 0.2) is 0 Å². The molecule has 0 bridgehead atoms. The molecule has 0 fully saturated rings. The molecule has 0 aromatic heterocycles. The van der Waals surface area contributed by atoms with Crippen LogP contribution in [0.2, 0.25) is 25.2 Å². The Morgan fingerprint density at radius 3 is 2.27 bits per heavy atom. The van der Waals surface area contributed by atoms with Crippen LogP contribution in [0, 0.1) is 0 Å². The third-order valence-electron chi connectivity index (χ3n) is 2.95. The van der Waals surface area contributed by atoms with E-state index in [1.807, 2.05) is 0 Å². The van der Waals surface area contributed by atoms with Crippen molar-refractivity contribution in [2.45, 2.75) is 25.2 Å². The molecule has 15 heavy (non-hydrogen) atoms. The molecule has 2 rings (SSSR count). The Kier molecular flexibility index (Phi) is 2.66. The highest BCUT2D eigenvalue weighted by molar-refractivity contribution is 6.79. The summed E-state index contributed by atoms with van der Waals surface area (Å²) in [5.74, 6) is 0. The van der Waals surface area contributed by atoms with Crippen LogP contribution in [0.15, 0.2) is 48.6 Å². The minimum Gasteiger partial charge on any atom is -0.0797 e. The maximum atomic E-state index is 2.43. The van der Waals surface area contributed by atoms with Gasteiger partial charge in [0, 0.05) is 0 Å². The molecule has 1 unspecified atom stereocenters. The van der Waals surface area contributed by atoms with Crippen LogP contribution in [-0.4, -0.2) is 8.07 Å². The quantitative estimate of drug-likeness (QED) is 0.642. The van der Waals surface area contributed by atoms with Crippen LogP contribution in [-0.2, 0) is 0 Å². The Labute approximate surface area is 93.3 Å². The van der Waals surface area contributed by atoms with Crippen LogP contribution in [0.25, 0.3) is 5.57 Å². The fourth-order valence-electron chi connectivity index (χ4n) is 2.14. The molecule has 1 atom stereocenters. The van der Waals surface area contributed by atoms with Gasteiger partial charge in [-0.1, -0.05) is 68.2 Å². The summed E-state index contributed by atoms with van der Waals surface area (Å²) in [5, 5.41) is 0. The fourth-order valence-corrected chi connectivity index (χ4v) is 4.02. The second kappa shape index (κ2) is 3.82. The fraction of sp³-hybridized carbons (Fsp3) is 0.286. The van der Waals surface area contributed by atoms with Crippen LogP contribution in [0.3, 0.4) is 0 Å². The smallest absolute Gasteiger partial charge is 0.0566 e. The largest absolute Gasteiger partial charge is 0.0797 e. The lowest BCUT2D eigenvalue weighted by atomic mass is 10.1. The number of rotatable bonds is 2. The maximum Gasteiger partial charge on any atom is 0.0566 e. The summed E-state index contributed by atoms with van der Waals surface area (Å²) in [6.07, 6.45) is 6.86. The Bertz CT molecular complexity index is 393. The number of allylic oxidation sites excluding steroid dienone is 4. The minimum absolute atomic E-state index is 0.680. The molecule has 1 aliphatic rings. The van der Waals surface area contributed by atoms with Crippen molar-refractivity contribution in [3.8, 4) is 0 Å². The molecule has 1 aromatic carbocycles. The monoisotopic (exact) mass is 214 g/mol.